The Kier molecular flexibility index (Phi) is 5.53. The first kappa shape index (κ1) is 18.2. The molecule has 0 aliphatic rings. The molecule has 0 radical (unpaired) electrons. The van der Waals surface area contributed by atoms with Gasteiger partial charge >= 0.3 is 11.9 Å². The first-order chi connectivity index (χ1) is 13.1. The minimum Gasteiger partial charge on any atom is -0.439 e. The molecule has 138 valence electrons. The molecule has 0 unspecified atom stereocenters. The highest BCUT2D eigenvalue weighted by atomic mass is 16.8. The fourth-order valence-corrected chi connectivity index (χ4v) is 2.47. The maximum atomic E-state index is 12.2. The minimum absolute atomic E-state index is 0.169. The molecule has 2 N–H and O–H groups in total. The summed E-state index contributed by atoms with van der Waals surface area (Å²) in [6.45, 7) is 1.80. The van der Waals surface area contributed by atoms with E-state index in [1.54, 1.807) is 49.0 Å². The normalized spacial score (nSPS) is 11.1. The molecule has 1 aromatic heterocycles. The standard InChI is InChI=1S/C20H19N3O4/c1-14-17(19(23(2)22-14)25-16-11-7-4-8-12-16)13-18(27-21)26-20(24)15-9-5-3-6-10-15/h3-13H,21H2,1-2H3/b18-13-. The number of benzene rings is 2. The van der Waals surface area contributed by atoms with E-state index in [2.05, 4.69) is 5.10 Å². The van der Waals surface area contributed by atoms with Crippen LogP contribution in [-0.2, 0) is 16.6 Å². The van der Waals surface area contributed by atoms with E-state index in [1.165, 1.54) is 6.08 Å². The summed E-state index contributed by atoms with van der Waals surface area (Å²) < 4.78 is 12.7. The molecule has 27 heavy (non-hydrogen) atoms. The van der Waals surface area contributed by atoms with Crippen molar-refractivity contribution < 1.29 is 19.1 Å². The number of para-hydroxylation sites is 1. The van der Waals surface area contributed by atoms with E-state index < -0.39 is 5.97 Å². The number of ether oxygens (including phenoxy) is 2. The molecule has 0 amide bonds. The highest BCUT2D eigenvalue weighted by molar-refractivity contribution is 5.90. The van der Waals surface area contributed by atoms with Gasteiger partial charge in [-0.05, 0) is 31.2 Å². The number of carbonyl (C=O) groups is 1. The van der Waals surface area contributed by atoms with Gasteiger partial charge in [-0.2, -0.15) is 11.0 Å². The van der Waals surface area contributed by atoms with Gasteiger partial charge in [0.1, 0.15) is 5.75 Å². The molecule has 3 aromatic rings. The zero-order valence-corrected chi connectivity index (χ0v) is 15.0. The largest absolute Gasteiger partial charge is 0.439 e. The Labute approximate surface area is 156 Å². The maximum Gasteiger partial charge on any atom is 0.345 e. The van der Waals surface area contributed by atoms with Crippen molar-refractivity contribution in [2.24, 2.45) is 12.9 Å². The van der Waals surface area contributed by atoms with Crippen molar-refractivity contribution in [1.82, 2.24) is 9.78 Å². The van der Waals surface area contributed by atoms with Crippen LogP contribution in [0.25, 0.3) is 6.08 Å². The molecule has 0 spiro atoms. The zero-order chi connectivity index (χ0) is 19.2. The number of nitrogens with zero attached hydrogens (tertiary/aromatic N) is 2. The van der Waals surface area contributed by atoms with Crippen LogP contribution < -0.4 is 10.6 Å². The summed E-state index contributed by atoms with van der Waals surface area (Å²) >= 11 is 0. The van der Waals surface area contributed by atoms with Gasteiger partial charge < -0.3 is 14.3 Å². The average molecular weight is 365 g/mol. The zero-order valence-electron chi connectivity index (χ0n) is 15.0. The van der Waals surface area contributed by atoms with Crippen molar-refractivity contribution in [3.63, 3.8) is 0 Å². The summed E-state index contributed by atoms with van der Waals surface area (Å²) in [7, 11) is 1.75. The smallest absolute Gasteiger partial charge is 0.345 e. The Balaban J connectivity index is 1.89. The van der Waals surface area contributed by atoms with Crippen molar-refractivity contribution in [3.05, 3.63) is 83.4 Å². The van der Waals surface area contributed by atoms with Crippen LogP contribution in [-0.4, -0.2) is 15.7 Å². The van der Waals surface area contributed by atoms with Gasteiger partial charge in [0, 0.05) is 13.1 Å². The quantitative estimate of drug-likeness (QED) is 0.408. The lowest BCUT2D eigenvalue weighted by molar-refractivity contribution is 0.0274. The van der Waals surface area contributed by atoms with E-state index in [0.717, 1.165) is 0 Å². The van der Waals surface area contributed by atoms with Gasteiger partial charge in [-0.1, -0.05) is 36.4 Å². The lowest BCUT2D eigenvalue weighted by Crippen LogP contribution is -2.10. The van der Waals surface area contributed by atoms with Crippen LogP contribution in [0.3, 0.4) is 0 Å². The van der Waals surface area contributed by atoms with E-state index in [0.29, 0.717) is 28.5 Å². The summed E-state index contributed by atoms with van der Waals surface area (Å²) in [6, 6.07) is 17.8. The van der Waals surface area contributed by atoms with Gasteiger partial charge in [0.05, 0.1) is 16.8 Å². The van der Waals surface area contributed by atoms with Crippen molar-refractivity contribution in [1.29, 1.82) is 0 Å². The topological polar surface area (TPSA) is 88.6 Å². The van der Waals surface area contributed by atoms with Gasteiger partial charge in [0.25, 0.3) is 0 Å². The fourth-order valence-electron chi connectivity index (χ4n) is 2.47. The van der Waals surface area contributed by atoms with E-state index in [-0.39, 0.29) is 5.95 Å². The summed E-state index contributed by atoms with van der Waals surface area (Å²) in [5, 5.41) is 4.34. The summed E-state index contributed by atoms with van der Waals surface area (Å²) in [5.74, 6) is 5.65. The van der Waals surface area contributed by atoms with Crippen LogP contribution in [0.2, 0.25) is 0 Å². The second kappa shape index (κ2) is 8.20. The van der Waals surface area contributed by atoms with Crippen LogP contribution in [0.1, 0.15) is 21.6 Å². The Bertz CT molecular complexity index is 950. The molecule has 0 aliphatic carbocycles. The van der Waals surface area contributed by atoms with E-state index in [1.807, 2.05) is 30.3 Å². The molecule has 3 rings (SSSR count). The third kappa shape index (κ3) is 4.34. The number of hydrogen-bond acceptors (Lipinski definition) is 6. The molecule has 0 bridgehead atoms. The van der Waals surface area contributed by atoms with Gasteiger partial charge in [0.15, 0.2) is 0 Å². The molecule has 7 nitrogen and oxygen atoms in total. The van der Waals surface area contributed by atoms with Crippen molar-refractivity contribution >= 4 is 12.0 Å². The SMILES string of the molecule is Cc1nn(C)c(Oc2ccccc2)c1/C=C(\ON)OC(=O)c1ccccc1. The molecular weight excluding hydrogens is 346 g/mol. The molecule has 0 fully saturated rings. The van der Waals surface area contributed by atoms with Crippen molar-refractivity contribution in [3.8, 4) is 11.6 Å². The minimum atomic E-state index is -0.584. The van der Waals surface area contributed by atoms with Crippen LogP contribution in [0.5, 0.6) is 11.6 Å². The maximum absolute atomic E-state index is 12.2. The number of esters is 1. The number of aromatic nitrogens is 2. The summed E-state index contributed by atoms with van der Waals surface area (Å²) in [5.41, 5.74) is 1.63. The summed E-state index contributed by atoms with van der Waals surface area (Å²) in [6.07, 6.45) is 1.47. The summed E-state index contributed by atoms with van der Waals surface area (Å²) in [4.78, 5) is 17.0. The Hall–Kier alpha value is -3.58. The van der Waals surface area contributed by atoms with Crippen molar-refractivity contribution in [2.75, 3.05) is 0 Å². The number of nitrogens with two attached hydrogens (primary N) is 1. The van der Waals surface area contributed by atoms with Crippen LogP contribution >= 0.6 is 0 Å². The number of carbonyl (C=O) groups excluding carboxylic acids is 1. The number of rotatable bonds is 6. The Morgan fingerprint density at radius 2 is 1.70 bits per heavy atom. The third-order valence-electron chi connectivity index (χ3n) is 3.75. The fraction of sp³-hybridized carbons (Fsp3) is 0.100. The van der Waals surface area contributed by atoms with Gasteiger partial charge in [-0.25, -0.2) is 9.48 Å². The lowest BCUT2D eigenvalue weighted by atomic mass is 10.2. The third-order valence-corrected chi connectivity index (χ3v) is 3.75. The van der Waals surface area contributed by atoms with Crippen LogP contribution in [0, 0.1) is 6.92 Å². The molecular formula is C20H19N3O4. The first-order valence-electron chi connectivity index (χ1n) is 8.20. The predicted octanol–water partition coefficient (Wildman–Crippen LogP) is 3.57. The Morgan fingerprint density at radius 1 is 1.07 bits per heavy atom. The highest BCUT2D eigenvalue weighted by Crippen LogP contribution is 2.29. The molecule has 0 atom stereocenters. The molecule has 1 heterocycles. The van der Waals surface area contributed by atoms with Gasteiger partial charge in [-0.15, -0.1) is 0 Å². The van der Waals surface area contributed by atoms with E-state index in [9.17, 15) is 4.79 Å². The lowest BCUT2D eigenvalue weighted by Gasteiger charge is -2.09. The van der Waals surface area contributed by atoms with Gasteiger partial charge in [-0.3, -0.25) is 0 Å². The van der Waals surface area contributed by atoms with Crippen LogP contribution in [0.15, 0.2) is 66.6 Å². The molecule has 0 saturated heterocycles. The first-order valence-corrected chi connectivity index (χ1v) is 8.20. The van der Waals surface area contributed by atoms with E-state index in [4.69, 9.17) is 20.2 Å². The molecule has 2 aromatic carbocycles. The number of hydrogen-bond donors (Lipinski definition) is 1. The average Bonchev–Trinajstić information content (AvgIpc) is 2.95. The van der Waals surface area contributed by atoms with Gasteiger partial charge in [0.2, 0.25) is 5.88 Å². The second-order valence-electron chi connectivity index (χ2n) is 5.68. The monoisotopic (exact) mass is 365 g/mol. The highest BCUT2D eigenvalue weighted by Gasteiger charge is 2.18. The van der Waals surface area contributed by atoms with Crippen molar-refractivity contribution in [2.45, 2.75) is 6.92 Å². The molecule has 0 saturated carbocycles. The molecule has 0 aliphatic heterocycles. The van der Waals surface area contributed by atoms with E-state index >= 15 is 0 Å². The predicted molar refractivity (Wildman–Crippen MR) is 99.6 cm³/mol. The number of aryl methyl sites for hydroxylation is 2. The Morgan fingerprint density at radius 3 is 2.33 bits per heavy atom. The van der Waals surface area contributed by atoms with Crippen LogP contribution in [0.4, 0.5) is 0 Å². The molecule has 7 heteroatoms. The second-order valence-corrected chi connectivity index (χ2v) is 5.68.